The Morgan fingerprint density at radius 1 is 1.35 bits per heavy atom. The molecule has 116 valence electrons. The summed E-state index contributed by atoms with van der Waals surface area (Å²) in [5, 5.41) is 8.79. The molecule has 1 fully saturated rings. The van der Waals surface area contributed by atoms with Crippen LogP contribution in [0.4, 0.5) is 0 Å². The summed E-state index contributed by atoms with van der Waals surface area (Å²) in [6, 6.07) is 2.14. The lowest BCUT2D eigenvalue weighted by atomic mass is 10.00. The number of nitrogens with zero attached hydrogens (tertiary/aromatic N) is 1. The molecule has 1 aliphatic rings. The number of methoxy groups -OCH3 is 1. The van der Waals surface area contributed by atoms with Crippen molar-refractivity contribution in [2.45, 2.75) is 58.0 Å². The molecule has 0 aliphatic carbocycles. The third-order valence-corrected chi connectivity index (χ3v) is 4.79. The van der Waals surface area contributed by atoms with Gasteiger partial charge in [-0.2, -0.15) is 5.26 Å². The van der Waals surface area contributed by atoms with Crippen LogP contribution in [0.3, 0.4) is 0 Å². The minimum atomic E-state index is -1.06. The third-order valence-electron chi connectivity index (χ3n) is 3.50. The van der Waals surface area contributed by atoms with Crippen molar-refractivity contribution in [3.63, 3.8) is 0 Å². The number of rotatable bonds is 7. The van der Waals surface area contributed by atoms with E-state index < -0.39 is 14.0 Å². The van der Waals surface area contributed by atoms with Gasteiger partial charge in [-0.1, -0.05) is 6.92 Å². The summed E-state index contributed by atoms with van der Waals surface area (Å²) in [5.41, 5.74) is -0.486. The van der Waals surface area contributed by atoms with E-state index in [0.717, 1.165) is 0 Å². The molecule has 1 aliphatic heterocycles. The molecule has 0 radical (unpaired) electrons. The van der Waals surface area contributed by atoms with Crippen molar-refractivity contribution >= 4 is 8.38 Å². The van der Waals surface area contributed by atoms with Crippen LogP contribution >= 0.6 is 8.38 Å². The summed E-state index contributed by atoms with van der Waals surface area (Å²) in [7, 11) is 0.601. The molecule has 0 aromatic heterocycles. The van der Waals surface area contributed by atoms with Crippen LogP contribution in [-0.2, 0) is 18.5 Å². The minimum Gasteiger partial charge on any atom is -0.382 e. The lowest BCUT2D eigenvalue weighted by Gasteiger charge is -2.30. The molecule has 5 nitrogen and oxygen atoms in total. The van der Waals surface area contributed by atoms with E-state index in [2.05, 4.69) is 19.9 Å². The highest BCUT2D eigenvalue weighted by atomic mass is 31.2. The fourth-order valence-corrected chi connectivity index (χ4v) is 3.78. The van der Waals surface area contributed by atoms with Gasteiger partial charge in [-0.05, 0) is 20.8 Å². The molecular formula is C14H26NO4P. The Hall–Kier alpha value is -0.240. The first kappa shape index (κ1) is 17.8. The monoisotopic (exact) mass is 303 g/mol. The van der Waals surface area contributed by atoms with E-state index in [1.165, 1.54) is 0 Å². The molecule has 20 heavy (non-hydrogen) atoms. The van der Waals surface area contributed by atoms with Gasteiger partial charge < -0.3 is 18.5 Å². The van der Waals surface area contributed by atoms with Gasteiger partial charge in [0.15, 0.2) is 8.38 Å². The summed E-state index contributed by atoms with van der Waals surface area (Å²) >= 11 is 0. The largest absolute Gasteiger partial charge is 0.382 e. The summed E-state index contributed by atoms with van der Waals surface area (Å²) < 4.78 is 23.0. The summed E-state index contributed by atoms with van der Waals surface area (Å²) in [6.07, 6.45) is 0.407. The van der Waals surface area contributed by atoms with Crippen molar-refractivity contribution in [3.05, 3.63) is 0 Å². The summed E-state index contributed by atoms with van der Waals surface area (Å²) in [5.74, 6) is 0.294. The lowest BCUT2D eigenvalue weighted by molar-refractivity contribution is -0.0258. The van der Waals surface area contributed by atoms with Crippen molar-refractivity contribution in [3.8, 4) is 6.07 Å². The highest BCUT2D eigenvalue weighted by molar-refractivity contribution is 7.46. The molecule has 1 rings (SSSR count). The first-order valence-electron chi connectivity index (χ1n) is 6.91. The van der Waals surface area contributed by atoms with E-state index in [1.54, 1.807) is 7.11 Å². The SMILES string of the molecule is COCC1OC(C)C(C)C1OP(C)OC(C)(C)CC#N. The molecule has 6 heteroatoms. The van der Waals surface area contributed by atoms with Gasteiger partial charge in [0.2, 0.25) is 0 Å². The van der Waals surface area contributed by atoms with Gasteiger partial charge in [0.05, 0.1) is 36.9 Å². The topological polar surface area (TPSA) is 60.7 Å². The molecule has 0 N–H and O–H groups in total. The zero-order valence-electron chi connectivity index (χ0n) is 13.3. The standard InChI is InChI=1S/C14H26NO4P/c1-10-11(2)17-12(9-16-5)13(10)18-20(6)19-14(3,4)7-8-15/h10-13H,7,9H2,1-6H3. The van der Waals surface area contributed by atoms with Gasteiger partial charge in [-0.3, -0.25) is 0 Å². The van der Waals surface area contributed by atoms with Crippen LogP contribution in [0, 0.1) is 17.2 Å². The van der Waals surface area contributed by atoms with Gasteiger partial charge in [0.25, 0.3) is 0 Å². The van der Waals surface area contributed by atoms with Crippen molar-refractivity contribution in [2.24, 2.45) is 5.92 Å². The quantitative estimate of drug-likeness (QED) is 0.676. The highest BCUT2D eigenvalue weighted by Gasteiger charge is 2.42. The molecule has 0 aromatic rings. The van der Waals surface area contributed by atoms with Crippen LogP contribution in [0.25, 0.3) is 0 Å². The van der Waals surface area contributed by atoms with Gasteiger partial charge in [-0.15, -0.1) is 0 Å². The second kappa shape index (κ2) is 7.68. The fraction of sp³-hybridized carbons (Fsp3) is 0.929. The molecule has 0 bridgehead atoms. The van der Waals surface area contributed by atoms with E-state index in [4.69, 9.17) is 23.8 Å². The van der Waals surface area contributed by atoms with Gasteiger partial charge in [0.1, 0.15) is 6.10 Å². The van der Waals surface area contributed by atoms with Crippen molar-refractivity contribution in [1.82, 2.24) is 0 Å². The first-order valence-corrected chi connectivity index (χ1v) is 8.54. The predicted molar refractivity (Wildman–Crippen MR) is 78.5 cm³/mol. The van der Waals surface area contributed by atoms with Gasteiger partial charge in [0, 0.05) is 19.7 Å². The molecular weight excluding hydrogens is 277 g/mol. The average molecular weight is 303 g/mol. The minimum absolute atomic E-state index is 0.0288. The third kappa shape index (κ3) is 4.95. The predicted octanol–water partition coefficient (Wildman–Crippen LogP) is 3.09. The Morgan fingerprint density at radius 2 is 2.00 bits per heavy atom. The van der Waals surface area contributed by atoms with E-state index >= 15 is 0 Å². The Kier molecular flexibility index (Phi) is 6.84. The molecule has 0 saturated carbocycles. The second-order valence-corrected chi connectivity index (χ2v) is 7.16. The fourth-order valence-electron chi connectivity index (χ4n) is 2.31. The number of ether oxygens (including phenoxy) is 2. The Bertz CT molecular complexity index is 345. The van der Waals surface area contributed by atoms with Crippen LogP contribution < -0.4 is 0 Å². The molecule has 0 amide bonds. The van der Waals surface area contributed by atoms with Crippen LogP contribution in [0.1, 0.15) is 34.1 Å². The van der Waals surface area contributed by atoms with Crippen LogP contribution in [0.15, 0.2) is 0 Å². The van der Waals surface area contributed by atoms with E-state index in [9.17, 15) is 0 Å². The van der Waals surface area contributed by atoms with Crippen LogP contribution in [0.2, 0.25) is 0 Å². The van der Waals surface area contributed by atoms with Crippen molar-refractivity contribution < 1.29 is 18.5 Å². The maximum Gasteiger partial charge on any atom is 0.168 e. The molecule has 5 atom stereocenters. The summed E-state index contributed by atoms with van der Waals surface area (Å²) in [6.45, 7) is 10.4. The molecule has 1 saturated heterocycles. The molecule has 0 aromatic carbocycles. The smallest absolute Gasteiger partial charge is 0.168 e. The zero-order valence-corrected chi connectivity index (χ0v) is 14.1. The van der Waals surface area contributed by atoms with E-state index in [0.29, 0.717) is 18.9 Å². The van der Waals surface area contributed by atoms with Gasteiger partial charge in [-0.25, -0.2) is 0 Å². The van der Waals surface area contributed by atoms with E-state index in [1.807, 2.05) is 20.5 Å². The number of hydrogen-bond donors (Lipinski definition) is 0. The van der Waals surface area contributed by atoms with Crippen LogP contribution in [0.5, 0.6) is 0 Å². The molecule has 0 spiro atoms. The number of hydrogen-bond acceptors (Lipinski definition) is 5. The zero-order chi connectivity index (χ0) is 15.3. The maximum absolute atomic E-state index is 8.79. The second-order valence-electron chi connectivity index (χ2n) is 5.89. The Balaban J connectivity index is 2.58. The van der Waals surface area contributed by atoms with Crippen molar-refractivity contribution in [2.75, 3.05) is 20.4 Å². The summed E-state index contributed by atoms with van der Waals surface area (Å²) in [4.78, 5) is 0. The maximum atomic E-state index is 8.79. The lowest BCUT2D eigenvalue weighted by Crippen LogP contribution is -2.32. The Morgan fingerprint density at radius 3 is 2.55 bits per heavy atom. The molecule has 1 heterocycles. The first-order chi connectivity index (χ1) is 9.30. The van der Waals surface area contributed by atoms with Gasteiger partial charge >= 0.3 is 0 Å². The highest BCUT2D eigenvalue weighted by Crippen LogP contribution is 2.45. The number of nitriles is 1. The van der Waals surface area contributed by atoms with E-state index in [-0.39, 0.29) is 18.3 Å². The average Bonchev–Trinajstić information content (AvgIpc) is 2.56. The normalized spacial score (nSPS) is 32.0. The van der Waals surface area contributed by atoms with Crippen molar-refractivity contribution in [1.29, 1.82) is 5.26 Å². The van der Waals surface area contributed by atoms with Crippen LogP contribution in [-0.4, -0.2) is 44.3 Å². The Labute approximate surface area is 123 Å². The molecule has 5 unspecified atom stereocenters.